The van der Waals surface area contributed by atoms with Gasteiger partial charge in [-0.05, 0) is 47.2 Å². The Bertz CT molecular complexity index is 1310. The van der Waals surface area contributed by atoms with E-state index in [1.807, 2.05) is 42.5 Å². The minimum absolute atomic E-state index is 0.526. The van der Waals surface area contributed by atoms with E-state index in [2.05, 4.69) is 62.6 Å². The number of aromatic nitrogens is 3. The second kappa shape index (κ2) is 12.9. The molecule has 4 aromatic rings. The Labute approximate surface area is 229 Å². The van der Waals surface area contributed by atoms with Crippen LogP contribution in [0.2, 0.25) is 0 Å². The van der Waals surface area contributed by atoms with Gasteiger partial charge >= 0.3 is 6.18 Å². The fourth-order valence-electron chi connectivity index (χ4n) is 4.69. The molecule has 1 aliphatic carbocycles. The van der Waals surface area contributed by atoms with Gasteiger partial charge in [0.25, 0.3) is 0 Å². The number of para-hydroxylation sites is 1. The fourth-order valence-corrected chi connectivity index (χ4v) is 5.48. The van der Waals surface area contributed by atoms with Crippen LogP contribution in [0.25, 0.3) is 11.1 Å². The number of anilines is 2. The molecule has 10 heteroatoms. The zero-order chi connectivity index (χ0) is 27.7. The van der Waals surface area contributed by atoms with E-state index in [-0.39, 0.29) is 0 Å². The first kappa shape index (κ1) is 28.4. The summed E-state index contributed by atoms with van der Waals surface area (Å²) in [7, 11) is 0. The van der Waals surface area contributed by atoms with Gasteiger partial charge in [0.1, 0.15) is 6.29 Å². The van der Waals surface area contributed by atoms with Crippen molar-refractivity contribution >= 4 is 29.7 Å². The van der Waals surface area contributed by atoms with E-state index in [1.54, 1.807) is 11.8 Å². The second-order valence-electron chi connectivity index (χ2n) is 9.12. The highest BCUT2D eigenvalue weighted by molar-refractivity contribution is 7.99. The molecule has 0 amide bonds. The van der Waals surface area contributed by atoms with Crippen molar-refractivity contribution in [3.8, 4) is 11.1 Å². The number of fused-ring (bicyclic) bond motifs is 3. The Balaban J connectivity index is 0.000000531. The molecule has 0 fully saturated rings. The van der Waals surface area contributed by atoms with E-state index in [0.717, 1.165) is 53.4 Å². The van der Waals surface area contributed by atoms with Crippen LogP contribution in [-0.4, -0.2) is 39.9 Å². The Kier molecular flexibility index (Phi) is 9.42. The second-order valence-corrected chi connectivity index (χ2v) is 10.2. The molecular weight excluding hydrogens is 523 g/mol. The molecule has 0 spiro atoms. The monoisotopic (exact) mass is 553 g/mol. The summed E-state index contributed by atoms with van der Waals surface area (Å²) in [4.78, 5) is 17.0. The lowest BCUT2D eigenvalue weighted by atomic mass is 9.75. The third-order valence-corrected chi connectivity index (χ3v) is 7.42. The van der Waals surface area contributed by atoms with Crippen LogP contribution < -0.4 is 11.1 Å². The summed E-state index contributed by atoms with van der Waals surface area (Å²) in [5.41, 5.74) is 9.32. The maximum absolute atomic E-state index is 12.5. The van der Waals surface area contributed by atoms with Crippen LogP contribution in [-0.2, 0) is 10.2 Å². The van der Waals surface area contributed by atoms with Crippen LogP contribution in [0.15, 0.2) is 84.0 Å². The summed E-state index contributed by atoms with van der Waals surface area (Å²) in [6.45, 7) is -1.23. The van der Waals surface area contributed by atoms with Crippen LogP contribution in [0, 0.1) is 0 Å². The van der Waals surface area contributed by atoms with Gasteiger partial charge in [0, 0.05) is 11.4 Å². The van der Waals surface area contributed by atoms with E-state index in [4.69, 9.17) is 0 Å². The number of aldehydes is 1. The number of nitrogens with zero attached hydrogens (tertiary/aromatic N) is 2. The van der Waals surface area contributed by atoms with Crippen molar-refractivity contribution in [1.29, 1.82) is 0 Å². The standard InChI is InChI=1S/C27H26N4OS.C2H4F3N/c32-19-27(23-15-7-5-13-21(23)22-14-6-8-16-24(22)27)17-9-2-10-18-33-26-29-25(30-31-26)28-20-11-3-1-4-12-20;3-2(4,5)1-6/h1,3-8,11-16,19H,2,9-10,17-18H2,(H2,28,29,30,31);1,6H2. The first-order chi connectivity index (χ1) is 18.9. The van der Waals surface area contributed by atoms with Crippen molar-refractivity contribution in [3.05, 3.63) is 90.0 Å². The minimum atomic E-state index is -4.18. The largest absolute Gasteiger partial charge is 0.400 e. The Morgan fingerprint density at radius 3 is 2.08 bits per heavy atom. The minimum Gasteiger partial charge on any atom is -0.325 e. The average Bonchev–Trinajstić information content (AvgIpc) is 3.51. The van der Waals surface area contributed by atoms with Gasteiger partial charge in [-0.25, -0.2) is 5.10 Å². The number of rotatable bonds is 10. The van der Waals surface area contributed by atoms with Crippen molar-refractivity contribution in [1.82, 2.24) is 15.2 Å². The molecule has 0 saturated carbocycles. The number of halogens is 3. The zero-order valence-electron chi connectivity index (χ0n) is 21.2. The molecule has 0 radical (unpaired) electrons. The number of nitrogens with two attached hydrogens (primary N) is 1. The third kappa shape index (κ3) is 7.07. The van der Waals surface area contributed by atoms with Gasteiger partial charge in [0.05, 0.1) is 12.0 Å². The number of thioether (sulfide) groups is 1. The molecule has 5 rings (SSSR count). The van der Waals surface area contributed by atoms with Gasteiger partial charge in [-0.3, -0.25) is 0 Å². The number of carbonyl (C=O) groups excluding carboxylic acids is 1. The van der Waals surface area contributed by atoms with Crippen LogP contribution in [0.5, 0.6) is 0 Å². The lowest BCUT2D eigenvalue weighted by molar-refractivity contribution is -0.118. The third-order valence-electron chi connectivity index (χ3n) is 6.49. The summed E-state index contributed by atoms with van der Waals surface area (Å²) in [5.74, 6) is 1.60. The van der Waals surface area contributed by atoms with Gasteiger partial charge in [0.2, 0.25) is 11.1 Å². The summed E-state index contributed by atoms with van der Waals surface area (Å²) >= 11 is 1.65. The molecular formula is C29H30F3N5OS. The van der Waals surface area contributed by atoms with Gasteiger partial charge < -0.3 is 15.8 Å². The van der Waals surface area contributed by atoms with Crippen molar-refractivity contribution in [2.45, 2.75) is 42.4 Å². The highest BCUT2D eigenvalue weighted by Gasteiger charge is 2.42. The topological polar surface area (TPSA) is 96.7 Å². The van der Waals surface area contributed by atoms with E-state index in [9.17, 15) is 18.0 Å². The van der Waals surface area contributed by atoms with Gasteiger partial charge in [-0.1, -0.05) is 91.3 Å². The molecule has 3 aromatic carbocycles. The Hall–Kier alpha value is -3.63. The Morgan fingerprint density at radius 2 is 1.49 bits per heavy atom. The van der Waals surface area contributed by atoms with E-state index in [0.29, 0.717) is 5.95 Å². The summed E-state index contributed by atoms with van der Waals surface area (Å²) in [6.07, 6.45) is 0.935. The zero-order valence-corrected chi connectivity index (χ0v) is 22.1. The number of aromatic amines is 1. The van der Waals surface area contributed by atoms with E-state index >= 15 is 0 Å². The normalized spacial score (nSPS) is 13.1. The molecule has 0 aliphatic heterocycles. The number of hydrogen-bond acceptors (Lipinski definition) is 6. The van der Waals surface area contributed by atoms with Crippen molar-refractivity contribution in [2.75, 3.05) is 17.6 Å². The maximum Gasteiger partial charge on any atom is 0.400 e. The molecule has 0 bridgehead atoms. The molecule has 1 aromatic heterocycles. The van der Waals surface area contributed by atoms with Crippen LogP contribution >= 0.6 is 11.8 Å². The Morgan fingerprint density at radius 1 is 0.897 bits per heavy atom. The number of carbonyl (C=O) groups is 1. The maximum atomic E-state index is 12.5. The molecule has 0 unspecified atom stereocenters. The average molecular weight is 554 g/mol. The lowest BCUT2D eigenvalue weighted by Gasteiger charge is -2.25. The highest BCUT2D eigenvalue weighted by atomic mass is 32.2. The molecule has 0 atom stereocenters. The van der Waals surface area contributed by atoms with Gasteiger partial charge in [0.15, 0.2) is 0 Å². The highest BCUT2D eigenvalue weighted by Crippen LogP contribution is 2.50. The molecule has 1 aliphatic rings. The summed E-state index contributed by atoms with van der Waals surface area (Å²) in [6, 6.07) is 26.6. The molecule has 39 heavy (non-hydrogen) atoms. The van der Waals surface area contributed by atoms with Crippen molar-refractivity contribution < 1.29 is 18.0 Å². The fraction of sp³-hybridized carbons (Fsp3) is 0.276. The predicted octanol–water partition coefficient (Wildman–Crippen LogP) is 6.87. The van der Waals surface area contributed by atoms with Crippen molar-refractivity contribution in [2.24, 2.45) is 5.73 Å². The molecule has 0 saturated heterocycles. The predicted molar refractivity (Wildman–Crippen MR) is 149 cm³/mol. The summed E-state index contributed by atoms with van der Waals surface area (Å²) < 4.78 is 32.0. The van der Waals surface area contributed by atoms with Crippen molar-refractivity contribution in [3.63, 3.8) is 0 Å². The number of nitrogens with one attached hydrogen (secondary N) is 2. The molecule has 4 N–H and O–H groups in total. The molecule has 6 nitrogen and oxygen atoms in total. The quantitative estimate of drug-likeness (QED) is 0.113. The number of unbranched alkanes of at least 4 members (excludes halogenated alkanes) is 2. The van der Waals surface area contributed by atoms with Gasteiger partial charge in [-0.2, -0.15) is 18.2 Å². The first-order valence-corrected chi connectivity index (χ1v) is 13.6. The number of benzene rings is 3. The molecule has 1 heterocycles. The van der Waals surface area contributed by atoms with Crippen LogP contribution in [0.4, 0.5) is 24.8 Å². The van der Waals surface area contributed by atoms with Gasteiger partial charge in [-0.15, -0.1) is 5.10 Å². The smallest absolute Gasteiger partial charge is 0.325 e. The van der Waals surface area contributed by atoms with E-state index in [1.165, 1.54) is 17.4 Å². The molecule has 204 valence electrons. The lowest BCUT2D eigenvalue weighted by Crippen LogP contribution is -2.27. The van der Waals surface area contributed by atoms with Crippen LogP contribution in [0.3, 0.4) is 0 Å². The number of hydrogen-bond donors (Lipinski definition) is 3. The first-order valence-electron chi connectivity index (χ1n) is 12.7. The number of alkyl halides is 3. The van der Waals surface area contributed by atoms with E-state index < -0.39 is 18.1 Å². The SMILES string of the molecule is NCC(F)(F)F.O=CC1(CCCCCSc2n[nH]c(Nc3ccccc3)n2)c2ccccc2-c2ccccc21. The van der Waals surface area contributed by atoms with Crippen LogP contribution in [0.1, 0.15) is 36.8 Å². The summed E-state index contributed by atoms with van der Waals surface area (Å²) in [5, 5.41) is 11.2. The number of H-pyrrole nitrogens is 1.